The van der Waals surface area contributed by atoms with Crippen LogP contribution in [0.1, 0.15) is 11.4 Å². The number of piperazine rings is 1. The van der Waals surface area contributed by atoms with Crippen LogP contribution in [-0.4, -0.2) is 63.3 Å². The minimum atomic E-state index is -4.54. The number of rotatable bonds is 4. The third kappa shape index (κ3) is 4.25. The van der Waals surface area contributed by atoms with Crippen LogP contribution < -0.4 is 9.64 Å². The zero-order valence-electron chi connectivity index (χ0n) is 17.1. The highest BCUT2D eigenvalue weighted by atomic mass is 19.4. The quantitative estimate of drug-likeness (QED) is 0.628. The van der Waals surface area contributed by atoms with Crippen molar-refractivity contribution in [3.05, 3.63) is 41.9 Å². The Hall–Kier alpha value is -3.37. The zero-order chi connectivity index (χ0) is 22.2. The Kier molecular flexibility index (Phi) is 5.42. The largest absolute Gasteiger partial charge is 0.483 e. The first-order valence-corrected chi connectivity index (χ1v) is 9.72. The molecule has 164 valence electrons. The SMILES string of the molecule is Cc1nc(N2CCN(C(=O)COc3ccccc3C(F)(F)F)CC2)c2cnn(C)c2n1. The molecule has 3 heterocycles. The first-order valence-electron chi connectivity index (χ1n) is 9.72. The van der Waals surface area contributed by atoms with E-state index in [2.05, 4.69) is 20.0 Å². The minimum absolute atomic E-state index is 0.350. The van der Waals surface area contributed by atoms with E-state index in [1.165, 1.54) is 18.2 Å². The number of carbonyl (C=O) groups excluding carboxylic acids is 1. The molecule has 1 aliphatic rings. The van der Waals surface area contributed by atoms with Crippen molar-refractivity contribution in [2.45, 2.75) is 13.1 Å². The second-order valence-electron chi connectivity index (χ2n) is 7.25. The van der Waals surface area contributed by atoms with Crippen LogP contribution in [0, 0.1) is 6.92 Å². The molecule has 1 amide bonds. The topological polar surface area (TPSA) is 76.4 Å². The van der Waals surface area contributed by atoms with Crippen LogP contribution in [0.3, 0.4) is 0 Å². The van der Waals surface area contributed by atoms with Crippen LogP contribution in [0.15, 0.2) is 30.5 Å². The van der Waals surface area contributed by atoms with Gasteiger partial charge in [-0.05, 0) is 19.1 Å². The summed E-state index contributed by atoms with van der Waals surface area (Å²) in [6, 6.07) is 4.87. The van der Waals surface area contributed by atoms with Gasteiger partial charge in [-0.15, -0.1) is 0 Å². The molecular formula is C20H21F3N6O2. The Labute approximate surface area is 176 Å². The number of carbonyl (C=O) groups is 1. The Morgan fingerprint density at radius 3 is 2.55 bits per heavy atom. The number of hydrogen-bond donors (Lipinski definition) is 0. The molecule has 1 aromatic carbocycles. The number of nitrogens with zero attached hydrogens (tertiary/aromatic N) is 6. The fraction of sp³-hybridized carbons (Fsp3) is 0.400. The van der Waals surface area contributed by atoms with E-state index in [0.29, 0.717) is 32.0 Å². The highest BCUT2D eigenvalue weighted by molar-refractivity contribution is 5.87. The summed E-state index contributed by atoms with van der Waals surface area (Å²) in [6.07, 6.45) is -2.83. The van der Waals surface area contributed by atoms with Gasteiger partial charge in [-0.3, -0.25) is 9.48 Å². The van der Waals surface area contributed by atoms with Crippen LogP contribution in [0.2, 0.25) is 0 Å². The summed E-state index contributed by atoms with van der Waals surface area (Å²) in [4.78, 5) is 25.1. The molecule has 3 aromatic rings. The molecule has 31 heavy (non-hydrogen) atoms. The molecule has 0 radical (unpaired) electrons. The van der Waals surface area contributed by atoms with Crippen molar-refractivity contribution in [3.63, 3.8) is 0 Å². The molecule has 1 fully saturated rings. The maximum absolute atomic E-state index is 13.1. The highest BCUT2D eigenvalue weighted by Crippen LogP contribution is 2.35. The number of benzene rings is 1. The lowest BCUT2D eigenvalue weighted by atomic mass is 10.2. The van der Waals surface area contributed by atoms with E-state index in [1.807, 2.05) is 14.0 Å². The van der Waals surface area contributed by atoms with Crippen LogP contribution in [-0.2, 0) is 18.0 Å². The zero-order valence-corrected chi connectivity index (χ0v) is 17.1. The smallest absolute Gasteiger partial charge is 0.419 e. The Morgan fingerprint density at radius 1 is 1.13 bits per heavy atom. The fourth-order valence-corrected chi connectivity index (χ4v) is 3.58. The molecule has 4 rings (SSSR count). The van der Waals surface area contributed by atoms with Gasteiger partial charge < -0.3 is 14.5 Å². The molecule has 8 nitrogen and oxygen atoms in total. The van der Waals surface area contributed by atoms with Crippen molar-refractivity contribution in [3.8, 4) is 5.75 Å². The van der Waals surface area contributed by atoms with Crippen molar-refractivity contribution in [2.24, 2.45) is 7.05 Å². The molecule has 2 aromatic heterocycles. The number of alkyl halides is 3. The summed E-state index contributed by atoms with van der Waals surface area (Å²) in [5, 5.41) is 5.07. The van der Waals surface area contributed by atoms with Crippen LogP contribution in [0.5, 0.6) is 5.75 Å². The lowest BCUT2D eigenvalue weighted by Gasteiger charge is -2.35. The van der Waals surface area contributed by atoms with Crippen LogP contribution in [0.25, 0.3) is 11.0 Å². The number of para-hydroxylation sites is 1. The molecule has 0 N–H and O–H groups in total. The highest BCUT2D eigenvalue weighted by Gasteiger charge is 2.34. The van der Waals surface area contributed by atoms with Gasteiger partial charge in [-0.2, -0.15) is 18.3 Å². The normalized spacial score (nSPS) is 14.9. The molecular weight excluding hydrogens is 413 g/mol. The summed E-state index contributed by atoms with van der Waals surface area (Å²) in [6.45, 7) is 3.25. The summed E-state index contributed by atoms with van der Waals surface area (Å²) in [7, 11) is 1.81. The number of amides is 1. The van der Waals surface area contributed by atoms with E-state index in [-0.39, 0.29) is 11.7 Å². The third-order valence-electron chi connectivity index (χ3n) is 5.16. The molecule has 0 bridgehead atoms. The lowest BCUT2D eigenvalue weighted by molar-refractivity contribution is -0.141. The van der Waals surface area contributed by atoms with Crippen LogP contribution >= 0.6 is 0 Å². The Morgan fingerprint density at radius 2 is 1.84 bits per heavy atom. The van der Waals surface area contributed by atoms with Gasteiger partial charge in [0.1, 0.15) is 17.4 Å². The van der Waals surface area contributed by atoms with E-state index in [0.717, 1.165) is 22.9 Å². The first-order chi connectivity index (χ1) is 14.7. The second kappa shape index (κ2) is 8.05. The number of halogens is 3. The Bertz CT molecular complexity index is 1110. The molecule has 0 atom stereocenters. The monoisotopic (exact) mass is 434 g/mol. The van der Waals surface area contributed by atoms with Gasteiger partial charge in [0.05, 0.1) is 17.1 Å². The maximum atomic E-state index is 13.1. The molecule has 0 spiro atoms. The lowest BCUT2D eigenvalue weighted by Crippen LogP contribution is -2.50. The van der Waals surface area contributed by atoms with Crippen molar-refractivity contribution in [2.75, 3.05) is 37.7 Å². The van der Waals surface area contributed by atoms with Gasteiger partial charge in [-0.25, -0.2) is 9.97 Å². The minimum Gasteiger partial charge on any atom is -0.483 e. The molecule has 0 unspecified atom stereocenters. The van der Waals surface area contributed by atoms with E-state index in [4.69, 9.17) is 4.74 Å². The van der Waals surface area contributed by atoms with E-state index < -0.39 is 18.3 Å². The van der Waals surface area contributed by atoms with Crippen molar-refractivity contribution >= 4 is 22.8 Å². The third-order valence-corrected chi connectivity index (χ3v) is 5.16. The number of ether oxygens (including phenoxy) is 1. The number of aromatic nitrogens is 4. The molecule has 0 saturated carbocycles. The molecule has 11 heteroatoms. The molecule has 1 saturated heterocycles. The van der Waals surface area contributed by atoms with Crippen LogP contribution in [0.4, 0.5) is 19.0 Å². The van der Waals surface area contributed by atoms with E-state index in [1.54, 1.807) is 15.8 Å². The van der Waals surface area contributed by atoms with Gasteiger partial charge in [-0.1, -0.05) is 12.1 Å². The number of aryl methyl sites for hydroxylation is 2. The predicted molar refractivity (Wildman–Crippen MR) is 107 cm³/mol. The molecule has 0 aliphatic carbocycles. The fourth-order valence-electron chi connectivity index (χ4n) is 3.58. The number of hydrogen-bond acceptors (Lipinski definition) is 6. The van der Waals surface area contributed by atoms with Gasteiger partial charge >= 0.3 is 6.18 Å². The van der Waals surface area contributed by atoms with Gasteiger partial charge in [0.15, 0.2) is 12.3 Å². The summed E-state index contributed by atoms with van der Waals surface area (Å²) < 4.78 is 46.1. The summed E-state index contributed by atoms with van der Waals surface area (Å²) in [5.41, 5.74) is -0.162. The van der Waals surface area contributed by atoms with Crippen molar-refractivity contribution in [1.82, 2.24) is 24.6 Å². The average molecular weight is 434 g/mol. The Balaban J connectivity index is 1.39. The molecule has 1 aliphatic heterocycles. The first kappa shape index (κ1) is 20.9. The second-order valence-corrected chi connectivity index (χ2v) is 7.25. The standard InChI is InChI=1S/C20H21F3N6O2/c1-13-25-18-14(11-24-27(18)2)19(26-13)29-9-7-28(8-10-29)17(30)12-31-16-6-4-3-5-15(16)20(21,22)23/h3-6,11H,7-10,12H2,1-2H3. The maximum Gasteiger partial charge on any atom is 0.419 e. The summed E-state index contributed by atoms with van der Waals surface area (Å²) in [5.74, 6) is 0.679. The van der Waals surface area contributed by atoms with Crippen molar-refractivity contribution in [1.29, 1.82) is 0 Å². The number of fused-ring (bicyclic) bond motifs is 1. The van der Waals surface area contributed by atoms with E-state index in [9.17, 15) is 18.0 Å². The van der Waals surface area contributed by atoms with Crippen molar-refractivity contribution < 1.29 is 22.7 Å². The average Bonchev–Trinajstić information content (AvgIpc) is 3.11. The van der Waals surface area contributed by atoms with E-state index >= 15 is 0 Å². The predicted octanol–water partition coefficient (Wildman–Crippen LogP) is 2.42. The number of anilines is 1. The summed E-state index contributed by atoms with van der Waals surface area (Å²) >= 11 is 0. The van der Waals surface area contributed by atoms with Gasteiger partial charge in [0.25, 0.3) is 5.91 Å². The van der Waals surface area contributed by atoms with Gasteiger partial charge in [0.2, 0.25) is 0 Å². The van der Waals surface area contributed by atoms with Gasteiger partial charge in [0, 0.05) is 33.2 Å².